The van der Waals surface area contributed by atoms with Crippen LogP contribution in [0.4, 0.5) is 5.95 Å². The molecular formula is C18H18N4O3. The molecule has 1 N–H and O–H groups in total. The third-order valence-electron chi connectivity index (χ3n) is 4.27. The monoisotopic (exact) mass is 338 g/mol. The summed E-state index contributed by atoms with van der Waals surface area (Å²) in [7, 11) is 0. The van der Waals surface area contributed by atoms with E-state index in [1.165, 1.54) is 0 Å². The van der Waals surface area contributed by atoms with Crippen LogP contribution < -0.4 is 10.2 Å². The lowest BCUT2D eigenvalue weighted by atomic mass is 10.2. The van der Waals surface area contributed by atoms with Crippen LogP contribution in [0, 0.1) is 0 Å². The Labute approximate surface area is 144 Å². The molecule has 0 bridgehead atoms. The summed E-state index contributed by atoms with van der Waals surface area (Å²) in [5.74, 6) is 1.58. The fourth-order valence-corrected chi connectivity index (χ4v) is 3.01. The molecule has 7 heteroatoms. The van der Waals surface area contributed by atoms with Crippen molar-refractivity contribution >= 4 is 11.9 Å². The Hall–Kier alpha value is -3.09. The SMILES string of the molecule is O=C(NCc1ccco1)[C@H]1CCCN1c1noc(-c2ccccc2)n1. The number of rotatable bonds is 5. The maximum absolute atomic E-state index is 12.5. The van der Waals surface area contributed by atoms with Crippen LogP contribution in [-0.4, -0.2) is 28.6 Å². The quantitative estimate of drug-likeness (QED) is 0.770. The molecule has 1 aromatic carbocycles. The van der Waals surface area contributed by atoms with Gasteiger partial charge in [0.25, 0.3) is 11.8 Å². The summed E-state index contributed by atoms with van der Waals surface area (Å²) in [5, 5.41) is 6.96. The van der Waals surface area contributed by atoms with Gasteiger partial charge in [0, 0.05) is 12.1 Å². The van der Waals surface area contributed by atoms with Crippen molar-refractivity contribution < 1.29 is 13.7 Å². The standard InChI is InChI=1S/C18H18N4O3/c23-16(19-12-14-8-5-11-24-14)15-9-4-10-22(15)18-20-17(25-21-18)13-6-2-1-3-7-13/h1-3,5-8,11,15H,4,9-10,12H2,(H,19,23)/t15-/m1/s1. The molecule has 7 nitrogen and oxygen atoms in total. The predicted octanol–water partition coefficient (Wildman–Crippen LogP) is 2.61. The minimum Gasteiger partial charge on any atom is -0.467 e. The largest absolute Gasteiger partial charge is 0.467 e. The topological polar surface area (TPSA) is 84.4 Å². The number of aromatic nitrogens is 2. The highest BCUT2D eigenvalue weighted by Crippen LogP contribution is 2.26. The van der Waals surface area contributed by atoms with E-state index < -0.39 is 0 Å². The number of nitrogens with zero attached hydrogens (tertiary/aromatic N) is 3. The zero-order valence-electron chi connectivity index (χ0n) is 13.6. The normalized spacial score (nSPS) is 17.0. The molecular weight excluding hydrogens is 320 g/mol. The van der Waals surface area contributed by atoms with Gasteiger partial charge in [-0.05, 0) is 42.3 Å². The molecule has 4 rings (SSSR count). The average Bonchev–Trinajstić information content (AvgIpc) is 3.41. The van der Waals surface area contributed by atoms with Gasteiger partial charge in [-0.25, -0.2) is 0 Å². The second kappa shape index (κ2) is 6.80. The van der Waals surface area contributed by atoms with Crippen molar-refractivity contribution in [3.8, 4) is 11.5 Å². The summed E-state index contributed by atoms with van der Waals surface area (Å²) in [6.07, 6.45) is 3.26. The van der Waals surface area contributed by atoms with Gasteiger partial charge in [-0.3, -0.25) is 4.79 Å². The van der Waals surface area contributed by atoms with Gasteiger partial charge in [0.15, 0.2) is 0 Å². The number of carbonyl (C=O) groups excluding carboxylic acids is 1. The van der Waals surface area contributed by atoms with E-state index in [4.69, 9.17) is 8.94 Å². The van der Waals surface area contributed by atoms with Crippen LogP contribution >= 0.6 is 0 Å². The van der Waals surface area contributed by atoms with E-state index in [2.05, 4.69) is 15.5 Å². The summed E-state index contributed by atoms with van der Waals surface area (Å²) in [5.41, 5.74) is 0.860. The van der Waals surface area contributed by atoms with Gasteiger partial charge in [-0.2, -0.15) is 4.98 Å². The summed E-state index contributed by atoms with van der Waals surface area (Å²) >= 11 is 0. The molecule has 128 valence electrons. The van der Waals surface area contributed by atoms with Gasteiger partial charge in [0.2, 0.25) is 5.91 Å². The number of nitrogens with one attached hydrogen (secondary N) is 1. The zero-order valence-corrected chi connectivity index (χ0v) is 13.6. The van der Waals surface area contributed by atoms with Crippen LogP contribution in [0.25, 0.3) is 11.5 Å². The van der Waals surface area contributed by atoms with Crippen LogP contribution in [0.2, 0.25) is 0 Å². The van der Waals surface area contributed by atoms with Crippen LogP contribution in [0.15, 0.2) is 57.7 Å². The number of hydrogen-bond acceptors (Lipinski definition) is 6. The molecule has 0 radical (unpaired) electrons. The first-order chi connectivity index (χ1) is 12.3. The number of furan rings is 1. The predicted molar refractivity (Wildman–Crippen MR) is 90.7 cm³/mol. The third-order valence-corrected chi connectivity index (χ3v) is 4.27. The molecule has 1 atom stereocenters. The van der Waals surface area contributed by atoms with Crippen LogP contribution in [0.5, 0.6) is 0 Å². The summed E-state index contributed by atoms with van der Waals surface area (Å²) < 4.78 is 10.6. The van der Waals surface area contributed by atoms with E-state index in [0.717, 1.165) is 30.7 Å². The Balaban J connectivity index is 1.46. The van der Waals surface area contributed by atoms with Crippen LogP contribution in [0.3, 0.4) is 0 Å². The van der Waals surface area contributed by atoms with Crippen molar-refractivity contribution in [3.05, 3.63) is 54.5 Å². The summed E-state index contributed by atoms with van der Waals surface area (Å²) in [6, 6.07) is 12.9. The van der Waals surface area contributed by atoms with E-state index in [1.54, 1.807) is 12.3 Å². The number of carbonyl (C=O) groups is 1. The number of hydrogen-bond donors (Lipinski definition) is 1. The highest BCUT2D eigenvalue weighted by Gasteiger charge is 2.33. The summed E-state index contributed by atoms with van der Waals surface area (Å²) in [6.45, 7) is 1.10. The third kappa shape index (κ3) is 3.26. The Bertz CT molecular complexity index is 829. The minimum absolute atomic E-state index is 0.0556. The Morgan fingerprint density at radius 1 is 1.24 bits per heavy atom. The lowest BCUT2D eigenvalue weighted by molar-refractivity contribution is -0.122. The van der Waals surface area contributed by atoms with Crippen LogP contribution in [0.1, 0.15) is 18.6 Å². The van der Waals surface area contributed by atoms with Crippen molar-refractivity contribution in [2.45, 2.75) is 25.4 Å². The molecule has 3 aromatic rings. The molecule has 1 amide bonds. The highest BCUT2D eigenvalue weighted by atomic mass is 16.5. The minimum atomic E-state index is -0.295. The first-order valence-electron chi connectivity index (χ1n) is 8.27. The lowest BCUT2D eigenvalue weighted by Crippen LogP contribution is -2.43. The molecule has 0 spiro atoms. The molecule has 0 aliphatic carbocycles. The second-order valence-electron chi connectivity index (χ2n) is 5.91. The van der Waals surface area contributed by atoms with E-state index in [1.807, 2.05) is 41.3 Å². The van der Waals surface area contributed by atoms with E-state index in [-0.39, 0.29) is 11.9 Å². The molecule has 0 saturated carbocycles. The van der Waals surface area contributed by atoms with Crippen LogP contribution in [-0.2, 0) is 11.3 Å². The van der Waals surface area contributed by atoms with E-state index >= 15 is 0 Å². The maximum atomic E-state index is 12.5. The Morgan fingerprint density at radius 2 is 2.12 bits per heavy atom. The number of benzene rings is 1. The Kier molecular flexibility index (Phi) is 4.20. The van der Waals surface area contributed by atoms with Gasteiger partial charge in [0.1, 0.15) is 11.8 Å². The van der Waals surface area contributed by atoms with Crippen molar-refractivity contribution in [2.75, 3.05) is 11.4 Å². The summed E-state index contributed by atoms with van der Waals surface area (Å²) in [4.78, 5) is 18.9. The first kappa shape index (κ1) is 15.4. The van der Waals surface area contributed by atoms with Gasteiger partial charge in [-0.15, -0.1) is 0 Å². The van der Waals surface area contributed by atoms with E-state index in [9.17, 15) is 4.79 Å². The fourth-order valence-electron chi connectivity index (χ4n) is 3.01. The second-order valence-corrected chi connectivity index (χ2v) is 5.91. The molecule has 3 heterocycles. The average molecular weight is 338 g/mol. The maximum Gasteiger partial charge on any atom is 0.267 e. The highest BCUT2D eigenvalue weighted by molar-refractivity contribution is 5.85. The first-order valence-corrected chi connectivity index (χ1v) is 8.27. The molecule has 1 aliphatic rings. The lowest BCUT2D eigenvalue weighted by Gasteiger charge is -2.21. The molecule has 1 fully saturated rings. The Morgan fingerprint density at radius 3 is 2.92 bits per heavy atom. The van der Waals surface area contributed by atoms with Gasteiger partial charge in [0.05, 0.1) is 12.8 Å². The van der Waals surface area contributed by atoms with Crippen molar-refractivity contribution in [2.24, 2.45) is 0 Å². The molecule has 25 heavy (non-hydrogen) atoms. The molecule has 1 aliphatic heterocycles. The van der Waals surface area contributed by atoms with E-state index in [0.29, 0.717) is 18.4 Å². The van der Waals surface area contributed by atoms with Crippen molar-refractivity contribution in [1.29, 1.82) is 0 Å². The molecule has 0 unspecified atom stereocenters. The molecule has 1 saturated heterocycles. The van der Waals surface area contributed by atoms with Crippen molar-refractivity contribution in [1.82, 2.24) is 15.5 Å². The number of amides is 1. The smallest absolute Gasteiger partial charge is 0.267 e. The van der Waals surface area contributed by atoms with Gasteiger partial charge in [-0.1, -0.05) is 18.2 Å². The number of anilines is 1. The van der Waals surface area contributed by atoms with Crippen molar-refractivity contribution in [3.63, 3.8) is 0 Å². The van der Waals surface area contributed by atoms with Gasteiger partial charge < -0.3 is 19.2 Å². The zero-order chi connectivity index (χ0) is 17.1. The molecule has 2 aromatic heterocycles. The van der Waals surface area contributed by atoms with Gasteiger partial charge >= 0.3 is 0 Å². The fraction of sp³-hybridized carbons (Fsp3) is 0.278.